The second kappa shape index (κ2) is 8.92. The van der Waals surface area contributed by atoms with Crippen LogP contribution in [0.4, 0.5) is 0 Å². The van der Waals surface area contributed by atoms with E-state index < -0.39 is 0 Å². The van der Waals surface area contributed by atoms with Crippen molar-refractivity contribution in [2.24, 2.45) is 5.92 Å². The Morgan fingerprint density at radius 3 is 2.06 bits per heavy atom. The van der Waals surface area contributed by atoms with Gasteiger partial charge in [0.15, 0.2) is 0 Å². The lowest BCUT2D eigenvalue weighted by Crippen LogP contribution is -2.50. The first-order chi connectivity index (χ1) is 8.36. The van der Waals surface area contributed by atoms with Crippen molar-refractivity contribution < 1.29 is 0 Å². The van der Waals surface area contributed by atoms with Crippen LogP contribution in [0.1, 0.15) is 74.1 Å². The maximum absolute atomic E-state index is 3.77. The third-order valence-corrected chi connectivity index (χ3v) is 4.19. The summed E-state index contributed by atoms with van der Waals surface area (Å²) >= 11 is 0. The molecule has 2 N–H and O–H groups in total. The standard InChI is InChI=1S/C16H36N2/c1-8-11-16(6,7)17-12-15(10-3)18-14(5)13(4)9-2/h13-15,17-18H,8-12H2,1-7H3. The molecule has 0 aliphatic heterocycles. The van der Waals surface area contributed by atoms with Gasteiger partial charge in [-0.05, 0) is 39.5 Å². The Kier molecular flexibility index (Phi) is 8.89. The van der Waals surface area contributed by atoms with Gasteiger partial charge in [0.05, 0.1) is 0 Å². The maximum Gasteiger partial charge on any atom is 0.0192 e. The molecule has 0 bridgehead atoms. The number of hydrogen-bond donors (Lipinski definition) is 2. The molecule has 0 saturated carbocycles. The van der Waals surface area contributed by atoms with Gasteiger partial charge in [-0.3, -0.25) is 0 Å². The summed E-state index contributed by atoms with van der Waals surface area (Å²) in [6.07, 6.45) is 4.92. The van der Waals surface area contributed by atoms with Crippen molar-refractivity contribution in [3.05, 3.63) is 0 Å². The van der Waals surface area contributed by atoms with Crippen molar-refractivity contribution in [2.45, 2.75) is 91.8 Å². The van der Waals surface area contributed by atoms with E-state index in [2.05, 4.69) is 59.1 Å². The average molecular weight is 256 g/mol. The molecule has 0 fully saturated rings. The van der Waals surface area contributed by atoms with Crippen molar-refractivity contribution in [1.82, 2.24) is 10.6 Å². The minimum atomic E-state index is 0.267. The molecule has 18 heavy (non-hydrogen) atoms. The highest BCUT2D eigenvalue weighted by atomic mass is 15.0. The quantitative estimate of drug-likeness (QED) is 0.618. The zero-order valence-corrected chi connectivity index (χ0v) is 13.8. The van der Waals surface area contributed by atoms with E-state index in [-0.39, 0.29) is 5.54 Å². The van der Waals surface area contributed by atoms with Crippen molar-refractivity contribution in [3.63, 3.8) is 0 Å². The van der Waals surface area contributed by atoms with Gasteiger partial charge in [0.1, 0.15) is 0 Å². The predicted molar refractivity (Wildman–Crippen MR) is 83.1 cm³/mol. The second-order valence-corrected chi connectivity index (χ2v) is 6.46. The fourth-order valence-electron chi connectivity index (χ4n) is 2.32. The van der Waals surface area contributed by atoms with E-state index in [1.54, 1.807) is 0 Å². The first-order valence-electron chi connectivity index (χ1n) is 7.87. The normalized spacial score (nSPS) is 17.5. The Labute approximate surface area is 115 Å². The number of hydrogen-bond acceptors (Lipinski definition) is 2. The number of nitrogens with one attached hydrogen (secondary N) is 2. The summed E-state index contributed by atoms with van der Waals surface area (Å²) in [7, 11) is 0. The molecular weight excluding hydrogens is 220 g/mol. The lowest BCUT2D eigenvalue weighted by atomic mass is 9.97. The Morgan fingerprint density at radius 2 is 1.61 bits per heavy atom. The van der Waals surface area contributed by atoms with E-state index in [0.717, 1.165) is 12.5 Å². The Balaban J connectivity index is 4.11. The van der Waals surface area contributed by atoms with Gasteiger partial charge in [0, 0.05) is 24.2 Å². The van der Waals surface area contributed by atoms with E-state index in [0.29, 0.717) is 12.1 Å². The highest BCUT2D eigenvalue weighted by molar-refractivity contribution is 4.82. The first kappa shape index (κ1) is 17.9. The first-order valence-corrected chi connectivity index (χ1v) is 7.87. The van der Waals surface area contributed by atoms with Gasteiger partial charge in [0.25, 0.3) is 0 Å². The summed E-state index contributed by atoms with van der Waals surface area (Å²) in [5, 5.41) is 7.48. The fraction of sp³-hybridized carbons (Fsp3) is 1.00. The molecule has 0 radical (unpaired) electrons. The zero-order chi connectivity index (χ0) is 14.2. The molecule has 0 heterocycles. The molecule has 0 aromatic carbocycles. The Hall–Kier alpha value is -0.0800. The molecule has 0 aromatic heterocycles. The molecule has 0 aliphatic carbocycles. The third kappa shape index (κ3) is 7.38. The van der Waals surface area contributed by atoms with Gasteiger partial charge in [-0.1, -0.05) is 40.5 Å². The second-order valence-electron chi connectivity index (χ2n) is 6.46. The number of rotatable bonds is 10. The highest BCUT2D eigenvalue weighted by Gasteiger charge is 2.19. The molecule has 2 nitrogen and oxygen atoms in total. The van der Waals surface area contributed by atoms with E-state index in [9.17, 15) is 0 Å². The van der Waals surface area contributed by atoms with E-state index in [1.165, 1.54) is 25.7 Å². The van der Waals surface area contributed by atoms with Gasteiger partial charge >= 0.3 is 0 Å². The smallest absolute Gasteiger partial charge is 0.0192 e. The SMILES string of the molecule is CCCC(C)(C)NCC(CC)NC(C)C(C)CC. The minimum Gasteiger partial charge on any atom is -0.310 e. The van der Waals surface area contributed by atoms with Crippen molar-refractivity contribution in [2.75, 3.05) is 6.54 Å². The van der Waals surface area contributed by atoms with Gasteiger partial charge in [0.2, 0.25) is 0 Å². The van der Waals surface area contributed by atoms with E-state index >= 15 is 0 Å². The van der Waals surface area contributed by atoms with E-state index in [1.807, 2.05) is 0 Å². The molecule has 3 unspecified atom stereocenters. The van der Waals surface area contributed by atoms with Crippen LogP contribution in [0.5, 0.6) is 0 Å². The third-order valence-electron chi connectivity index (χ3n) is 4.19. The van der Waals surface area contributed by atoms with E-state index in [4.69, 9.17) is 0 Å². The predicted octanol–water partition coefficient (Wildman–Crippen LogP) is 3.96. The minimum absolute atomic E-state index is 0.267. The molecule has 0 rings (SSSR count). The lowest BCUT2D eigenvalue weighted by molar-refractivity contribution is 0.294. The molecule has 0 aliphatic rings. The van der Waals surface area contributed by atoms with Crippen LogP contribution in [-0.4, -0.2) is 24.2 Å². The molecule has 0 aromatic rings. The van der Waals surface area contributed by atoms with Crippen LogP contribution in [0.2, 0.25) is 0 Å². The van der Waals surface area contributed by atoms with Crippen molar-refractivity contribution in [3.8, 4) is 0 Å². The monoisotopic (exact) mass is 256 g/mol. The highest BCUT2D eigenvalue weighted by Crippen LogP contribution is 2.12. The Morgan fingerprint density at radius 1 is 1.00 bits per heavy atom. The maximum atomic E-state index is 3.77. The summed E-state index contributed by atoms with van der Waals surface area (Å²) < 4.78 is 0. The van der Waals surface area contributed by atoms with Gasteiger partial charge in [-0.25, -0.2) is 0 Å². The molecule has 2 heteroatoms. The van der Waals surface area contributed by atoms with Crippen LogP contribution in [-0.2, 0) is 0 Å². The largest absolute Gasteiger partial charge is 0.310 e. The van der Waals surface area contributed by atoms with Crippen molar-refractivity contribution in [1.29, 1.82) is 0 Å². The summed E-state index contributed by atoms with van der Waals surface area (Å²) in [6, 6.07) is 1.20. The zero-order valence-electron chi connectivity index (χ0n) is 13.8. The molecule has 0 amide bonds. The van der Waals surface area contributed by atoms with Crippen LogP contribution >= 0.6 is 0 Å². The summed E-state index contributed by atoms with van der Waals surface area (Å²) in [4.78, 5) is 0. The molecular formula is C16H36N2. The van der Waals surface area contributed by atoms with Crippen LogP contribution in [0.25, 0.3) is 0 Å². The van der Waals surface area contributed by atoms with Gasteiger partial charge in [-0.15, -0.1) is 0 Å². The molecule has 3 atom stereocenters. The van der Waals surface area contributed by atoms with Crippen LogP contribution in [0.15, 0.2) is 0 Å². The molecule has 0 spiro atoms. The lowest BCUT2D eigenvalue weighted by Gasteiger charge is -2.31. The topological polar surface area (TPSA) is 24.1 Å². The van der Waals surface area contributed by atoms with Crippen LogP contribution in [0, 0.1) is 5.92 Å². The van der Waals surface area contributed by atoms with Crippen molar-refractivity contribution >= 4 is 0 Å². The van der Waals surface area contributed by atoms with Gasteiger partial charge in [-0.2, -0.15) is 0 Å². The van der Waals surface area contributed by atoms with Crippen LogP contribution in [0.3, 0.4) is 0 Å². The molecule has 0 saturated heterocycles. The Bertz CT molecular complexity index is 201. The summed E-state index contributed by atoms with van der Waals surface area (Å²) in [5.41, 5.74) is 0.267. The average Bonchev–Trinajstić information content (AvgIpc) is 2.32. The van der Waals surface area contributed by atoms with Crippen LogP contribution < -0.4 is 10.6 Å². The summed E-state index contributed by atoms with van der Waals surface area (Å²) in [6.45, 7) is 17.1. The van der Waals surface area contributed by atoms with Gasteiger partial charge < -0.3 is 10.6 Å². The molecule has 110 valence electrons. The summed E-state index contributed by atoms with van der Waals surface area (Å²) in [5.74, 6) is 0.753. The fourth-order valence-corrected chi connectivity index (χ4v) is 2.32.